The maximum absolute atomic E-state index is 12.6. The van der Waals surface area contributed by atoms with E-state index < -0.39 is 167 Å². The molecular weight excluding hydrogens is 1450 g/mol. The number of nitrogens with zero attached hydrogens (tertiary/aromatic N) is 18. The number of aromatic amines is 2. The number of hydrogen-bond donors (Lipinski definition) is 11. The first-order valence-electron chi connectivity index (χ1n) is 30.0. The fraction of sp³-hybridized carbons (Fsp3) is 0.439. The van der Waals surface area contributed by atoms with E-state index in [4.69, 9.17) is 62.0 Å². The Morgan fingerprint density at radius 3 is 1.18 bits per heavy atom. The van der Waals surface area contributed by atoms with Crippen LogP contribution in [0.1, 0.15) is 93.1 Å². The number of H-pyrrole nitrogens is 2. The highest BCUT2D eigenvalue weighted by atomic mass is 35.5. The second kappa shape index (κ2) is 37.7. The highest BCUT2D eigenvalue weighted by Crippen LogP contribution is 2.47. The number of ether oxygens (including phenoxy) is 7. The molecule has 0 aliphatic carbocycles. The Morgan fingerprint density at radius 1 is 0.514 bits per heavy atom. The van der Waals surface area contributed by atoms with Gasteiger partial charge in [0.1, 0.15) is 42.2 Å². The molecule has 4 fully saturated rings. The first kappa shape index (κ1) is 86.0. The number of carbonyl (C=O) groups is 4. The van der Waals surface area contributed by atoms with E-state index in [9.17, 15) is 83.7 Å². The molecule has 4 saturated heterocycles. The summed E-state index contributed by atoms with van der Waals surface area (Å²) >= 11 is 0. The number of nitrogen functional groups attached to an aromatic ring is 2. The number of nitrogens with two attached hydrogens (primary N) is 2. The van der Waals surface area contributed by atoms with E-state index in [1.807, 2.05) is 0 Å². The molecule has 0 amide bonds. The molecule has 46 nitrogen and oxygen atoms in total. The van der Waals surface area contributed by atoms with Crippen LogP contribution in [0, 0.1) is 5.92 Å². The molecule has 0 bridgehead atoms. The van der Waals surface area contributed by atoms with Crippen molar-refractivity contribution >= 4 is 60.3 Å². The summed E-state index contributed by atoms with van der Waals surface area (Å²) in [4.78, 5) is 137. The fourth-order valence-corrected chi connectivity index (χ4v) is 10.4. The largest absolute Gasteiger partial charge is 0.454 e. The van der Waals surface area contributed by atoms with Crippen LogP contribution in [0.5, 0.6) is 0 Å². The van der Waals surface area contributed by atoms with Gasteiger partial charge in [-0.3, -0.25) is 47.4 Å². The number of aliphatic hydroxyl groups is 7. The molecule has 105 heavy (non-hydrogen) atoms. The van der Waals surface area contributed by atoms with E-state index in [1.165, 1.54) is 56.7 Å². The molecule has 4 aliphatic heterocycles. The number of nitrogens with one attached hydrogen (secondary N) is 2. The van der Waals surface area contributed by atoms with Gasteiger partial charge in [0.25, 0.3) is 11.1 Å². The van der Waals surface area contributed by atoms with Gasteiger partial charge in [-0.1, -0.05) is 77.6 Å². The monoisotopic (exact) mass is 1510 g/mol. The highest BCUT2D eigenvalue weighted by Gasteiger charge is 2.59. The van der Waals surface area contributed by atoms with Crippen LogP contribution in [0.15, 0.2) is 159 Å². The third-order valence-electron chi connectivity index (χ3n) is 15.6. The lowest BCUT2D eigenvalue weighted by molar-refractivity contribution is -0.156. The molecule has 8 heterocycles. The van der Waals surface area contributed by atoms with Gasteiger partial charge in [0.15, 0.2) is 48.6 Å². The molecule has 16 atom stereocenters. The van der Waals surface area contributed by atoms with Crippen LogP contribution in [0.3, 0.4) is 0 Å². The Labute approximate surface area is 598 Å². The van der Waals surface area contributed by atoms with Gasteiger partial charge in [-0.15, -0.1) is 24.8 Å². The van der Waals surface area contributed by atoms with Gasteiger partial charge >= 0.3 is 46.6 Å². The maximum Gasteiger partial charge on any atom is 0.351 e. The van der Waals surface area contributed by atoms with Crippen molar-refractivity contribution < 1.29 is 88.1 Å². The Kier molecular flexibility index (Phi) is 30.9. The Morgan fingerprint density at radius 2 is 0.848 bits per heavy atom. The van der Waals surface area contributed by atoms with Crippen LogP contribution < -0.4 is 45.3 Å². The van der Waals surface area contributed by atoms with Crippen molar-refractivity contribution in [3.05, 3.63) is 225 Å². The lowest BCUT2D eigenvalue weighted by atomic mass is 9.92. The smallest absolute Gasteiger partial charge is 0.351 e. The van der Waals surface area contributed by atoms with Crippen LogP contribution in [0.25, 0.3) is 41.8 Å². The summed E-state index contributed by atoms with van der Waals surface area (Å²) in [5, 5.41) is 82.4. The summed E-state index contributed by atoms with van der Waals surface area (Å²) in [6.07, 6.45) is -10.5. The maximum atomic E-state index is 12.6. The van der Waals surface area contributed by atoms with E-state index in [-0.39, 0.29) is 48.4 Å². The van der Waals surface area contributed by atoms with Gasteiger partial charge in [0.2, 0.25) is 11.4 Å². The summed E-state index contributed by atoms with van der Waals surface area (Å²) in [5.74, 6) is -3.09. The lowest BCUT2D eigenvalue weighted by Crippen LogP contribution is -2.44. The van der Waals surface area contributed by atoms with Crippen molar-refractivity contribution in [3.63, 3.8) is 0 Å². The number of esters is 4. The molecule has 13 N–H and O–H groups in total. The van der Waals surface area contributed by atoms with Gasteiger partial charge in [-0.2, -0.15) is 9.97 Å². The number of aromatic nitrogens is 8. The van der Waals surface area contributed by atoms with E-state index in [0.717, 1.165) is 36.6 Å². The van der Waals surface area contributed by atoms with Gasteiger partial charge in [0.05, 0.1) is 24.3 Å². The molecule has 0 spiro atoms. The Bertz CT molecular complexity index is 4340. The summed E-state index contributed by atoms with van der Waals surface area (Å²) < 4.78 is 40.9. The molecule has 564 valence electrons. The van der Waals surface area contributed by atoms with Gasteiger partial charge in [-0.25, -0.2) is 28.8 Å². The third kappa shape index (κ3) is 19.7. The van der Waals surface area contributed by atoms with Crippen LogP contribution in [0.2, 0.25) is 0 Å². The summed E-state index contributed by atoms with van der Waals surface area (Å²) in [6.45, 7) is 5.71. The summed E-state index contributed by atoms with van der Waals surface area (Å²) in [5.41, 5.74) is 34.4. The molecule has 48 heteroatoms. The predicted molar refractivity (Wildman–Crippen MR) is 359 cm³/mol. The van der Waals surface area contributed by atoms with Crippen molar-refractivity contribution in [2.75, 3.05) is 24.7 Å². The van der Waals surface area contributed by atoms with Crippen molar-refractivity contribution in [2.45, 2.75) is 138 Å². The standard InChI is InChI=1S/C18H19N5O5.C17H17N5O6.2C9H12N6O5.C4H6O3.2ClH/c1-3-18(21-22-19)11(2)14(27-16(25)12-7-5-4-6-8-12)15(28-18)23-10-9-13(24)20-17(23)26;1-2-17(20-21-18)13(24)12(27-15(25)10-6-4-3-5-7-10)14(28-17)22-9-8-11(23)19-16(22)26;2*10-4-1-2-15(8(19)12-4)7-5(17)6(18)9(3-16,20-7)13-14-11;1-3(5)7-4(2)6;;/h4-11,14-15H,3H2,1-2H3,(H,20,24,26);3-9,12-14,24H,2H2,1H3,(H,19,23,26);2*1-2,5-7,16-18H,3H2,(H2,10,12,19);1-2H3;2*1H/t11-,14+,15?,18+;12-,13+,14?,17-;2*5-,6+,7?,9-;;;/m0111.../s1. The predicted octanol–water partition coefficient (Wildman–Crippen LogP) is 0.502. The molecule has 2 aromatic carbocycles. The number of benzene rings is 2. The van der Waals surface area contributed by atoms with Crippen LogP contribution >= 0.6 is 24.8 Å². The van der Waals surface area contributed by atoms with E-state index in [1.54, 1.807) is 69.3 Å². The SMILES string of the molecule is CC(=O)OC(C)=O.CC[C@@]1(N=[N+]=[N-])OC(n2ccc(=O)[nH]c2=O)[C@H](OC(=O)c2ccccc2)[C@@H]1C.CC[C@@]1(N=[N+]=[N-])OC(n2ccc(=O)[nH]c2=O)[C@H](OC(=O)c2ccccc2)[C@@H]1O.Cl.Cl.[N-]=[N+]=N[C@]1(CO)OC(n2ccc(N)nc2=O)[C@H](O)[C@@H]1O.[N-]=[N+]=N[C@]1(CO)OC(n2ccc(N)nc2=O)[C@H](O)[C@@H]1O. The van der Waals surface area contributed by atoms with E-state index in [2.05, 4.69) is 64.8 Å². The molecule has 0 radical (unpaired) electrons. The van der Waals surface area contributed by atoms with E-state index in [0.29, 0.717) is 12.0 Å². The van der Waals surface area contributed by atoms with Crippen molar-refractivity contribution in [1.29, 1.82) is 0 Å². The third-order valence-corrected chi connectivity index (χ3v) is 15.6. The van der Waals surface area contributed by atoms with Gasteiger partial charge in [-0.05, 0) is 71.4 Å². The van der Waals surface area contributed by atoms with Crippen LogP contribution in [0.4, 0.5) is 11.6 Å². The fourth-order valence-electron chi connectivity index (χ4n) is 10.4. The first-order chi connectivity index (χ1) is 48.8. The molecular formula is C57H68Cl2N22O24. The number of halogens is 2. The quantitative estimate of drug-likeness (QED) is 0.0157. The molecule has 4 unspecified atom stereocenters. The second-order valence-corrected chi connectivity index (χ2v) is 22.0. The zero-order valence-electron chi connectivity index (χ0n) is 55.2. The van der Waals surface area contributed by atoms with Crippen molar-refractivity contribution in [1.82, 2.24) is 38.2 Å². The molecule has 10 rings (SSSR count). The Hall–Kier alpha value is -11.4. The van der Waals surface area contributed by atoms with Gasteiger partial charge < -0.3 is 80.4 Å². The molecule has 0 saturated carbocycles. The minimum absolute atomic E-state index is 0. The molecule has 4 aromatic heterocycles. The number of azide groups is 4. The average molecular weight is 1520 g/mol. The van der Waals surface area contributed by atoms with Crippen LogP contribution in [-0.2, 0) is 42.7 Å². The number of rotatable bonds is 16. The first-order valence-corrected chi connectivity index (χ1v) is 30.0. The van der Waals surface area contributed by atoms with Crippen molar-refractivity contribution in [3.8, 4) is 0 Å². The summed E-state index contributed by atoms with van der Waals surface area (Å²) in [6, 6.07) is 21.2. The number of anilines is 2. The topological polar surface area (TPSA) is 701 Å². The molecule has 6 aromatic rings. The zero-order chi connectivity index (χ0) is 76.3. The number of aliphatic hydroxyl groups excluding tert-OH is 7. The van der Waals surface area contributed by atoms with Gasteiger partial charge in [0, 0.05) is 76.3 Å². The summed E-state index contributed by atoms with van der Waals surface area (Å²) in [7, 11) is 0. The zero-order valence-corrected chi connectivity index (χ0v) is 56.9. The minimum atomic E-state index is -2.07. The second-order valence-electron chi connectivity index (χ2n) is 22.0. The lowest BCUT2D eigenvalue weighted by Gasteiger charge is -2.26. The average Bonchev–Trinajstić information content (AvgIpc) is 1.64. The Balaban J connectivity index is 0.000000288. The van der Waals surface area contributed by atoms with Crippen molar-refractivity contribution in [2.24, 2.45) is 26.4 Å². The van der Waals surface area contributed by atoms with Crippen LogP contribution in [-0.4, -0.2) is 177 Å². The molecule has 4 aliphatic rings. The number of hydrogen-bond acceptors (Lipinski definition) is 32. The van der Waals surface area contributed by atoms with E-state index >= 15 is 0 Å². The highest BCUT2D eigenvalue weighted by molar-refractivity contribution is 5.90. The minimum Gasteiger partial charge on any atom is -0.454 e. The number of carbonyl (C=O) groups excluding carboxylic acids is 4. The normalized spacial score (nSPS) is 27.1.